The van der Waals surface area contributed by atoms with Gasteiger partial charge in [0.25, 0.3) is 0 Å². The lowest BCUT2D eigenvalue weighted by atomic mass is 9.75. The maximum Gasteiger partial charge on any atom is 0.0401 e. The molecule has 0 bridgehead atoms. The highest BCUT2D eigenvalue weighted by Gasteiger charge is 2.31. The number of benzene rings is 2. The van der Waals surface area contributed by atoms with Crippen molar-refractivity contribution in [3.8, 4) is 0 Å². The topological polar surface area (TPSA) is 12.0 Å². The minimum Gasteiger partial charge on any atom is -0.382 e. The molecule has 0 heterocycles. The lowest BCUT2D eigenvalue weighted by molar-refractivity contribution is 0.373. The Bertz CT molecular complexity index is 633. The van der Waals surface area contributed by atoms with Gasteiger partial charge in [-0.25, -0.2) is 0 Å². The van der Waals surface area contributed by atoms with Crippen molar-refractivity contribution in [1.82, 2.24) is 0 Å². The van der Waals surface area contributed by atoms with Crippen LogP contribution in [0, 0.1) is 20.8 Å². The van der Waals surface area contributed by atoms with Crippen LogP contribution in [0.2, 0.25) is 0 Å². The zero-order valence-corrected chi connectivity index (χ0v) is 14.5. The third kappa shape index (κ3) is 3.01. The Morgan fingerprint density at radius 3 is 2.24 bits per heavy atom. The summed E-state index contributed by atoms with van der Waals surface area (Å²) in [5.41, 5.74) is 6.84. The maximum atomic E-state index is 3.75. The summed E-state index contributed by atoms with van der Waals surface area (Å²) in [5, 5.41) is 3.75. The highest BCUT2D eigenvalue weighted by molar-refractivity contribution is 9.10. The Hall–Kier alpha value is -1.28. The van der Waals surface area contributed by atoms with Crippen molar-refractivity contribution in [3.63, 3.8) is 0 Å². The van der Waals surface area contributed by atoms with Crippen LogP contribution in [-0.2, 0) is 0 Å². The molecule has 0 radical (unpaired) electrons. The van der Waals surface area contributed by atoms with E-state index in [9.17, 15) is 0 Å². The lowest BCUT2D eigenvalue weighted by Gasteiger charge is -2.38. The molecule has 2 aromatic rings. The lowest BCUT2D eigenvalue weighted by Crippen LogP contribution is -2.34. The smallest absolute Gasteiger partial charge is 0.0401 e. The van der Waals surface area contributed by atoms with Gasteiger partial charge in [0.15, 0.2) is 0 Å². The summed E-state index contributed by atoms with van der Waals surface area (Å²) in [6.07, 6.45) is 2.44. The average Bonchev–Trinajstić information content (AvgIpc) is 2.37. The molecule has 0 aliphatic heterocycles. The van der Waals surface area contributed by atoms with E-state index >= 15 is 0 Å². The van der Waals surface area contributed by atoms with Gasteiger partial charge in [-0.1, -0.05) is 51.8 Å². The molecule has 1 saturated carbocycles. The second-order valence-electron chi connectivity index (χ2n) is 6.30. The SMILES string of the molecule is Cc1cc(C)c(NC2CC(c3ccccc3Br)C2)c(C)c1. The molecule has 0 aromatic heterocycles. The van der Waals surface area contributed by atoms with Gasteiger partial charge in [0.2, 0.25) is 0 Å². The van der Waals surface area contributed by atoms with Crippen LogP contribution in [0.5, 0.6) is 0 Å². The maximum absolute atomic E-state index is 3.75. The van der Waals surface area contributed by atoms with Crippen LogP contribution < -0.4 is 5.32 Å². The van der Waals surface area contributed by atoms with Gasteiger partial charge in [0.1, 0.15) is 0 Å². The highest BCUT2D eigenvalue weighted by Crippen LogP contribution is 2.41. The first-order valence-electron chi connectivity index (χ1n) is 7.63. The zero-order chi connectivity index (χ0) is 15.0. The standard InChI is InChI=1S/C19H22BrN/c1-12-8-13(2)19(14(3)9-12)21-16-10-15(11-16)17-6-4-5-7-18(17)20/h4-9,15-16,21H,10-11H2,1-3H3. The van der Waals surface area contributed by atoms with Crippen molar-refractivity contribution in [2.45, 2.75) is 45.6 Å². The molecule has 0 spiro atoms. The predicted octanol–water partition coefficient (Wildman–Crippen LogP) is 5.73. The molecule has 1 aliphatic carbocycles. The molecule has 1 fully saturated rings. The fourth-order valence-electron chi connectivity index (χ4n) is 3.41. The number of rotatable bonds is 3. The average molecular weight is 344 g/mol. The molecule has 2 heteroatoms. The van der Waals surface area contributed by atoms with Gasteiger partial charge >= 0.3 is 0 Å². The van der Waals surface area contributed by atoms with Crippen molar-refractivity contribution in [2.24, 2.45) is 0 Å². The van der Waals surface area contributed by atoms with Crippen molar-refractivity contribution in [3.05, 3.63) is 63.1 Å². The van der Waals surface area contributed by atoms with Crippen LogP contribution in [0.15, 0.2) is 40.9 Å². The minimum atomic E-state index is 0.599. The summed E-state index contributed by atoms with van der Waals surface area (Å²) in [7, 11) is 0. The second-order valence-corrected chi connectivity index (χ2v) is 7.16. The Morgan fingerprint density at radius 1 is 1.00 bits per heavy atom. The van der Waals surface area contributed by atoms with Gasteiger partial charge in [-0.05, 0) is 62.3 Å². The second kappa shape index (κ2) is 5.84. The highest BCUT2D eigenvalue weighted by atomic mass is 79.9. The number of anilines is 1. The monoisotopic (exact) mass is 343 g/mol. The minimum absolute atomic E-state index is 0.599. The quantitative estimate of drug-likeness (QED) is 0.749. The number of aryl methyl sites for hydroxylation is 3. The van der Waals surface area contributed by atoms with Gasteiger partial charge < -0.3 is 5.32 Å². The molecule has 0 atom stereocenters. The largest absolute Gasteiger partial charge is 0.382 e. The van der Waals surface area contributed by atoms with Crippen LogP contribution in [0.1, 0.15) is 41.0 Å². The summed E-state index contributed by atoms with van der Waals surface area (Å²) in [6, 6.07) is 13.7. The van der Waals surface area contributed by atoms with E-state index in [2.05, 4.69) is 78.4 Å². The molecular formula is C19H22BrN. The first-order valence-corrected chi connectivity index (χ1v) is 8.42. The van der Waals surface area contributed by atoms with Crippen LogP contribution in [0.4, 0.5) is 5.69 Å². The van der Waals surface area contributed by atoms with Crippen molar-refractivity contribution >= 4 is 21.6 Å². The molecule has 1 N–H and O–H groups in total. The van der Waals surface area contributed by atoms with E-state index in [1.807, 2.05) is 0 Å². The van der Waals surface area contributed by atoms with Crippen molar-refractivity contribution in [2.75, 3.05) is 5.32 Å². The van der Waals surface area contributed by atoms with Gasteiger partial charge in [-0.2, -0.15) is 0 Å². The van der Waals surface area contributed by atoms with Crippen LogP contribution >= 0.6 is 15.9 Å². The Kier molecular flexibility index (Phi) is 4.08. The van der Waals surface area contributed by atoms with E-state index in [4.69, 9.17) is 0 Å². The Balaban J connectivity index is 1.67. The number of hydrogen-bond acceptors (Lipinski definition) is 1. The van der Waals surface area contributed by atoms with E-state index in [1.165, 1.54) is 45.3 Å². The fourth-order valence-corrected chi connectivity index (χ4v) is 4.02. The van der Waals surface area contributed by atoms with Crippen LogP contribution in [0.3, 0.4) is 0 Å². The third-order valence-electron chi connectivity index (χ3n) is 4.51. The first kappa shape index (κ1) is 14.6. The summed E-state index contributed by atoms with van der Waals surface area (Å²) >= 11 is 3.67. The molecule has 0 unspecified atom stereocenters. The summed E-state index contributed by atoms with van der Waals surface area (Å²) in [4.78, 5) is 0. The number of halogens is 1. The molecular weight excluding hydrogens is 322 g/mol. The molecule has 2 aromatic carbocycles. The first-order chi connectivity index (χ1) is 10.0. The third-order valence-corrected chi connectivity index (χ3v) is 5.23. The van der Waals surface area contributed by atoms with E-state index in [-0.39, 0.29) is 0 Å². The Labute approximate surface area is 135 Å². The van der Waals surface area contributed by atoms with Crippen molar-refractivity contribution < 1.29 is 0 Å². The summed E-state index contributed by atoms with van der Waals surface area (Å²) < 4.78 is 1.25. The predicted molar refractivity (Wildman–Crippen MR) is 94.2 cm³/mol. The molecule has 0 saturated heterocycles. The summed E-state index contributed by atoms with van der Waals surface area (Å²) in [5.74, 6) is 0.684. The molecule has 110 valence electrons. The van der Waals surface area contributed by atoms with E-state index in [0.29, 0.717) is 12.0 Å². The van der Waals surface area contributed by atoms with E-state index in [1.54, 1.807) is 0 Å². The molecule has 0 amide bonds. The van der Waals surface area contributed by atoms with Gasteiger partial charge in [-0.3, -0.25) is 0 Å². The van der Waals surface area contributed by atoms with Gasteiger partial charge in [-0.15, -0.1) is 0 Å². The van der Waals surface area contributed by atoms with Crippen molar-refractivity contribution in [1.29, 1.82) is 0 Å². The molecule has 21 heavy (non-hydrogen) atoms. The van der Waals surface area contributed by atoms with E-state index < -0.39 is 0 Å². The van der Waals surface area contributed by atoms with Crippen LogP contribution in [0.25, 0.3) is 0 Å². The zero-order valence-electron chi connectivity index (χ0n) is 12.9. The summed E-state index contributed by atoms with van der Waals surface area (Å²) in [6.45, 7) is 6.56. The Morgan fingerprint density at radius 2 is 1.62 bits per heavy atom. The van der Waals surface area contributed by atoms with Gasteiger partial charge in [0.05, 0.1) is 0 Å². The fraction of sp³-hybridized carbons (Fsp3) is 0.368. The number of hydrogen-bond donors (Lipinski definition) is 1. The molecule has 3 rings (SSSR count). The van der Waals surface area contributed by atoms with Gasteiger partial charge in [0, 0.05) is 16.2 Å². The van der Waals surface area contributed by atoms with Crippen LogP contribution in [-0.4, -0.2) is 6.04 Å². The van der Waals surface area contributed by atoms with E-state index in [0.717, 1.165) is 0 Å². The number of nitrogens with one attached hydrogen (secondary N) is 1. The molecule has 1 nitrogen and oxygen atoms in total. The molecule has 1 aliphatic rings. The normalized spacial score (nSPS) is 21.0.